The predicted molar refractivity (Wildman–Crippen MR) is 66.6 cm³/mol. The fourth-order valence-corrected chi connectivity index (χ4v) is 2.02. The molecule has 0 bridgehead atoms. The summed E-state index contributed by atoms with van der Waals surface area (Å²) in [5.41, 5.74) is -0.0974. The maximum Gasteiger partial charge on any atom is 0.0613 e. The van der Waals surface area contributed by atoms with E-state index in [4.69, 9.17) is 4.74 Å². The van der Waals surface area contributed by atoms with Crippen LogP contribution in [0, 0.1) is 5.92 Å². The van der Waals surface area contributed by atoms with Gasteiger partial charge in [0.15, 0.2) is 0 Å². The Labute approximate surface area is 99.6 Å². The van der Waals surface area contributed by atoms with Gasteiger partial charge in [0.1, 0.15) is 0 Å². The van der Waals surface area contributed by atoms with Crippen LogP contribution >= 0.6 is 0 Å². The molecule has 1 aliphatic carbocycles. The van der Waals surface area contributed by atoms with Crippen LogP contribution in [-0.2, 0) is 4.74 Å². The molecule has 0 radical (unpaired) electrons. The summed E-state index contributed by atoms with van der Waals surface area (Å²) in [7, 11) is 1.92. The lowest BCUT2D eigenvalue weighted by atomic mass is 9.92. The van der Waals surface area contributed by atoms with Crippen LogP contribution in [0.15, 0.2) is 0 Å². The van der Waals surface area contributed by atoms with Gasteiger partial charge in [-0.3, -0.25) is 0 Å². The first-order valence-electron chi connectivity index (χ1n) is 6.64. The first-order valence-corrected chi connectivity index (χ1v) is 6.64. The second kappa shape index (κ2) is 7.25. The maximum atomic E-state index is 9.36. The van der Waals surface area contributed by atoms with Crippen LogP contribution in [0.2, 0.25) is 0 Å². The molecule has 1 saturated carbocycles. The lowest BCUT2D eigenvalue weighted by Crippen LogP contribution is -2.46. The monoisotopic (exact) mass is 229 g/mol. The molecule has 0 heterocycles. The Balaban J connectivity index is 1.98. The average molecular weight is 229 g/mol. The Morgan fingerprint density at radius 1 is 1.38 bits per heavy atom. The molecule has 96 valence electrons. The highest BCUT2D eigenvalue weighted by atomic mass is 16.5. The number of hydrogen-bond acceptors (Lipinski definition) is 3. The van der Waals surface area contributed by atoms with Gasteiger partial charge in [0.2, 0.25) is 0 Å². The molecule has 3 heteroatoms. The van der Waals surface area contributed by atoms with Gasteiger partial charge in [-0.25, -0.2) is 0 Å². The normalized spacial score (nSPS) is 19.7. The zero-order valence-corrected chi connectivity index (χ0v) is 10.8. The summed E-state index contributed by atoms with van der Waals surface area (Å²) in [6.45, 7) is 4.07. The highest BCUT2D eigenvalue weighted by molar-refractivity contribution is 4.84. The minimum atomic E-state index is -0.0974. The van der Waals surface area contributed by atoms with E-state index in [2.05, 4.69) is 12.2 Å². The molecule has 1 aliphatic rings. The lowest BCUT2D eigenvalue weighted by molar-refractivity contribution is 0.102. The van der Waals surface area contributed by atoms with E-state index in [1.807, 2.05) is 7.05 Å². The van der Waals surface area contributed by atoms with Crippen LogP contribution in [0.1, 0.15) is 45.4 Å². The van der Waals surface area contributed by atoms with E-state index >= 15 is 0 Å². The number of aliphatic hydroxyl groups is 1. The van der Waals surface area contributed by atoms with Crippen molar-refractivity contribution in [1.82, 2.24) is 5.32 Å². The molecule has 0 aromatic heterocycles. The van der Waals surface area contributed by atoms with E-state index in [-0.39, 0.29) is 12.1 Å². The van der Waals surface area contributed by atoms with Crippen LogP contribution in [0.5, 0.6) is 0 Å². The summed E-state index contributed by atoms with van der Waals surface area (Å²) in [5.74, 6) is 0.962. The van der Waals surface area contributed by atoms with Crippen molar-refractivity contribution in [1.29, 1.82) is 0 Å². The molecule has 0 aromatic rings. The molecular weight excluding hydrogens is 202 g/mol. The third kappa shape index (κ3) is 4.81. The first-order chi connectivity index (χ1) is 7.76. The number of ether oxygens (including phenoxy) is 1. The van der Waals surface area contributed by atoms with Crippen molar-refractivity contribution in [3.05, 3.63) is 0 Å². The fraction of sp³-hybridized carbons (Fsp3) is 1.00. The Hall–Kier alpha value is -0.120. The standard InChI is InChI=1S/C13H27NO2/c1-3-13(11-15,14-2)8-4-9-16-10-7-12-5-6-12/h12,14-15H,3-11H2,1-2H3. The van der Waals surface area contributed by atoms with E-state index in [9.17, 15) is 5.11 Å². The van der Waals surface area contributed by atoms with Crippen molar-refractivity contribution in [3.8, 4) is 0 Å². The van der Waals surface area contributed by atoms with Crippen LogP contribution in [0.25, 0.3) is 0 Å². The van der Waals surface area contributed by atoms with Gasteiger partial charge >= 0.3 is 0 Å². The topological polar surface area (TPSA) is 41.5 Å². The van der Waals surface area contributed by atoms with Crippen molar-refractivity contribution < 1.29 is 9.84 Å². The number of hydrogen-bond donors (Lipinski definition) is 2. The zero-order valence-electron chi connectivity index (χ0n) is 10.8. The molecule has 0 aromatic carbocycles. The highest BCUT2D eigenvalue weighted by Gasteiger charge is 2.24. The maximum absolute atomic E-state index is 9.36. The molecule has 1 atom stereocenters. The molecule has 1 fully saturated rings. The van der Waals surface area contributed by atoms with E-state index in [1.54, 1.807) is 0 Å². The predicted octanol–water partition coefficient (Wildman–Crippen LogP) is 1.94. The van der Waals surface area contributed by atoms with Crippen LogP contribution in [-0.4, -0.2) is 37.5 Å². The molecule has 0 saturated heterocycles. The van der Waals surface area contributed by atoms with Crippen molar-refractivity contribution in [2.75, 3.05) is 26.9 Å². The number of likely N-dealkylation sites (N-methyl/N-ethyl adjacent to an activating group) is 1. The summed E-state index contributed by atoms with van der Waals surface area (Å²) < 4.78 is 5.60. The lowest BCUT2D eigenvalue weighted by Gasteiger charge is -2.30. The molecule has 16 heavy (non-hydrogen) atoms. The van der Waals surface area contributed by atoms with Gasteiger partial charge < -0.3 is 15.2 Å². The number of aliphatic hydroxyl groups excluding tert-OH is 1. The quantitative estimate of drug-likeness (QED) is 0.563. The third-order valence-electron chi connectivity index (χ3n) is 3.82. The van der Waals surface area contributed by atoms with E-state index in [0.717, 1.165) is 38.4 Å². The van der Waals surface area contributed by atoms with E-state index in [0.29, 0.717) is 0 Å². The van der Waals surface area contributed by atoms with E-state index < -0.39 is 0 Å². The van der Waals surface area contributed by atoms with Gasteiger partial charge in [0, 0.05) is 18.8 Å². The fourth-order valence-electron chi connectivity index (χ4n) is 2.02. The first kappa shape index (κ1) is 13.9. The van der Waals surface area contributed by atoms with Gasteiger partial charge in [-0.15, -0.1) is 0 Å². The molecule has 0 spiro atoms. The molecule has 0 aliphatic heterocycles. The summed E-state index contributed by atoms with van der Waals surface area (Å²) >= 11 is 0. The second-order valence-electron chi connectivity index (χ2n) is 4.99. The zero-order chi connectivity index (χ0) is 11.9. The van der Waals surface area contributed by atoms with Gasteiger partial charge in [0.05, 0.1) is 6.61 Å². The van der Waals surface area contributed by atoms with Crippen LogP contribution in [0.3, 0.4) is 0 Å². The van der Waals surface area contributed by atoms with Gasteiger partial charge in [-0.2, -0.15) is 0 Å². The van der Waals surface area contributed by atoms with Crippen LogP contribution in [0.4, 0.5) is 0 Å². The van der Waals surface area contributed by atoms with Crippen molar-refractivity contribution in [2.24, 2.45) is 5.92 Å². The third-order valence-corrected chi connectivity index (χ3v) is 3.82. The molecular formula is C13H27NO2. The summed E-state index contributed by atoms with van der Waals surface area (Å²) in [6.07, 6.45) is 7.03. The van der Waals surface area contributed by atoms with Gasteiger partial charge in [-0.1, -0.05) is 19.8 Å². The summed E-state index contributed by atoms with van der Waals surface area (Å²) in [4.78, 5) is 0. The summed E-state index contributed by atoms with van der Waals surface area (Å²) in [6, 6.07) is 0. The molecule has 1 unspecified atom stereocenters. The Morgan fingerprint density at radius 2 is 2.12 bits per heavy atom. The van der Waals surface area contributed by atoms with Gasteiger partial charge in [0.25, 0.3) is 0 Å². The molecule has 3 nitrogen and oxygen atoms in total. The van der Waals surface area contributed by atoms with Gasteiger partial charge in [-0.05, 0) is 38.6 Å². The Kier molecular flexibility index (Phi) is 6.32. The SMILES string of the molecule is CCC(CO)(CCCOCCC1CC1)NC. The largest absolute Gasteiger partial charge is 0.394 e. The Morgan fingerprint density at radius 3 is 2.62 bits per heavy atom. The number of nitrogens with one attached hydrogen (secondary N) is 1. The van der Waals surface area contributed by atoms with Crippen LogP contribution < -0.4 is 5.32 Å². The smallest absolute Gasteiger partial charge is 0.0613 e. The van der Waals surface area contributed by atoms with E-state index in [1.165, 1.54) is 19.3 Å². The minimum Gasteiger partial charge on any atom is -0.394 e. The second-order valence-corrected chi connectivity index (χ2v) is 4.99. The van der Waals surface area contributed by atoms with Crippen molar-refractivity contribution in [2.45, 2.75) is 51.0 Å². The molecule has 1 rings (SSSR count). The average Bonchev–Trinajstić information content (AvgIpc) is 3.13. The summed E-state index contributed by atoms with van der Waals surface area (Å²) in [5, 5.41) is 12.6. The minimum absolute atomic E-state index is 0.0974. The Bertz CT molecular complexity index is 169. The highest BCUT2D eigenvalue weighted by Crippen LogP contribution is 2.32. The van der Waals surface area contributed by atoms with Crippen molar-refractivity contribution >= 4 is 0 Å². The molecule has 2 N–H and O–H groups in total. The molecule has 0 amide bonds. The number of rotatable bonds is 10. The van der Waals surface area contributed by atoms with Crippen molar-refractivity contribution in [3.63, 3.8) is 0 Å².